The van der Waals surface area contributed by atoms with Gasteiger partial charge in [-0.1, -0.05) is 6.92 Å². The third kappa shape index (κ3) is 5.46. The van der Waals surface area contributed by atoms with Crippen molar-refractivity contribution in [2.24, 2.45) is 0 Å². The molecular formula is C18H30FN3O2+2. The van der Waals surface area contributed by atoms with Crippen molar-refractivity contribution in [3.05, 3.63) is 29.6 Å². The highest BCUT2D eigenvalue weighted by Crippen LogP contribution is 2.18. The van der Waals surface area contributed by atoms with Crippen LogP contribution in [0, 0.1) is 5.82 Å². The van der Waals surface area contributed by atoms with E-state index in [1.165, 1.54) is 15.9 Å². The summed E-state index contributed by atoms with van der Waals surface area (Å²) in [7, 11) is 1.62. The molecule has 0 saturated carbocycles. The highest BCUT2D eigenvalue weighted by Gasteiger charge is 2.26. The molecular weight excluding hydrogens is 309 g/mol. The number of hydrogen-bond donors (Lipinski definition) is 3. The fourth-order valence-electron chi connectivity index (χ4n) is 3.12. The van der Waals surface area contributed by atoms with Gasteiger partial charge in [-0.25, -0.2) is 4.39 Å². The minimum absolute atomic E-state index is 0.134. The van der Waals surface area contributed by atoms with Crippen LogP contribution >= 0.6 is 0 Å². The van der Waals surface area contributed by atoms with Crippen LogP contribution in [0.15, 0.2) is 18.2 Å². The first-order valence-electron chi connectivity index (χ1n) is 8.80. The molecule has 1 heterocycles. The largest absolute Gasteiger partial charge is 0.496 e. The maximum Gasteiger partial charge on any atom is 0.275 e. The Hall–Kier alpha value is -1.66. The third-order valence-corrected chi connectivity index (χ3v) is 4.78. The Morgan fingerprint density at radius 3 is 2.58 bits per heavy atom. The van der Waals surface area contributed by atoms with Crippen molar-refractivity contribution in [2.75, 3.05) is 39.8 Å². The first-order chi connectivity index (χ1) is 11.5. The molecule has 1 atom stereocenters. The van der Waals surface area contributed by atoms with E-state index in [0.717, 1.165) is 50.5 Å². The molecule has 24 heavy (non-hydrogen) atoms. The summed E-state index contributed by atoms with van der Waals surface area (Å²) in [5, 5.41) is 3.02. The topological polar surface area (TPSA) is 47.2 Å². The summed E-state index contributed by atoms with van der Waals surface area (Å²) < 4.78 is 18.8. The van der Waals surface area contributed by atoms with E-state index in [-0.39, 0.29) is 17.8 Å². The Labute approximate surface area is 143 Å². The van der Waals surface area contributed by atoms with E-state index in [4.69, 9.17) is 4.74 Å². The summed E-state index contributed by atoms with van der Waals surface area (Å²) in [4.78, 5) is 14.7. The lowest BCUT2D eigenvalue weighted by molar-refractivity contribution is -1.02. The first kappa shape index (κ1) is 18.7. The van der Waals surface area contributed by atoms with Gasteiger partial charge < -0.3 is 19.9 Å². The monoisotopic (exact) mass is 339 g/mol. The SMILES string of the molecule is CC[C@@H](C)NC(=O)C[NH+]1CC[NH+](Cc2cc(F)ccc2OC)CC1. The Kier molecular flexibility index (Phi) is 6.99. The van der Waals surface area contributed by atoms with E-state index in [0.29, 0.717) is 6.54 Å². The predicted octanol–water partition coefficient (Wildman–Crippen LogP) is -0.968. The van der Waals surface area contributed by atoms with Gasteiger partial charge in [-0.05, 0) is 31.5 Å². The molecule has 0 aliphatic carbocycles. The zero-order valence-corrected chi connectivity index (χ0v) is 15.0. The number of quaternary nitrogens is 2. The number of methoxy groups -OCH3 is 1. The smallest absolute Gasteiger partial charge is 0.275 e. The fourth-order valence-corrected chi connectivity index (χ4v) is 3.12. The Bertz CT molecular complexity index is 545. The number of nitrogens with one attached hydrogen (secondary N) is 3. The van der Waals surface area contributed by atoms with E-state index in [1.807, 2.05) is 6.92 Å². The van der Waals surface area contributed by atoms with Crippen LogP contribution in [0.25, 0.3) is 0 Å². The van der Waals surface area contributed by atoms with Crippen molar-refractivity contribution in [1.82, 2.24) is 5.32 Å². The van der Waals surface area contributed by atoms with Gasteiger partial charge in [0.15, 0.2) is 6.54 Å². The van der Waals surface area contributed by atoms with Crippen LogP contribution in [0.4, 0.5) is 4.39 Å². The number of amides is 1. The van der Waals surface area contributed by atoms with Crippen LogP contribution in [0.2, 0.25) is 0 Å². The summed E-state index contributed by atoms with van der Waals surface area (Å²) in [5.74, 6) is 0.650. The van der Waals surface area contributed by atoms with Crippen molar-refractivity contribution in [3.63, 3.8) is 0 Å². The minimum atomic E-state index is -0.226. The molecule has 2 rings (SSSR count). The molecule has 0 aromatic heterocycles. The number of benzene rings is 1. The van der Waals surface area contributed by atoms with Gasteiger partial charge in [0.2, 0.25) is 0 Å². The Morgan fingerprint density at radius 1 is 1.29 bits per heavy atom. The Morgan fingerprint density at radius 2 is 1.96 bits per heavy atom. The lowest BCUT2D eigenvalue weighted by Gasteiger charge is -2.30. The molecule has 5 nitrogen and oxygen atoms in total. The van der Waals surface area contributed by atoms with Crippen LogP contribution in [0.1, 0.15) is 25.8 Å². The van der Waals surface area contributed by atoms with Crippen LogP contribution < -0.4 is 19.9 Å². The van der Waals surface area contributed by atoms with Crippen LogP contribution in [-0.4, -0.2) is 51.8 Å². The first-order valence-corrected chi connectivity index (χ1v) is 8.80. The molecule has 6 heteroatoms. The number of halogens is 1. The summed E-state index contributed by atoms with van der Waals surface area (Å²) in [6.45, 7) is 9.27. The maximum absolute atomic E-state index is 13.5. The summed E-state index contributed by atoms with van der Waals surface area (Å²) in [6, 6.07) is 4.91. The quantitative estimate of drug-likeness (QED) is 0.599. The van der Waals surface area contributed by atoms with Gasteiger partial charge in [-0.2, -0.15) is 0 Å². The molecule has 0 bridgehead atoms. The van der Waals surface area contributed by atoms with E-state index in [9.17, 15) is 9.18 Å². The van der Waals surface area contributed by atoms with Gasteiger partial charge in [0, 0.05) is 6.04 Å². The van der Waals surface area contributed by atoms with Crippen molar-refractivity contribution < 1.29 is 23.7 Å². The number of rotatable bonds is 7. The lowest BCUT2D eigenvalue weighted by atomic mass is 10.1. The molecule has 0 radical (unpaired) electrons. The zero-order chi connectivity index (χ0) is 17.5. The third-order valence-electron chi connectivity index (χ3n) is 4.78. The molecule has 1 aromatic carbocycles. The van der Waals surface area contributed by atoms with Crippen LogP contribution in [-0.2, 0) is 11.3 Å². The molecule has 1 saturated heterocycles. The van der Waals surface area contributed by atoms with Gasteiger partial charge in [-0.15, -0.1) is 0 Å². The molecule has 0 unspecified atom stereocenters. The Balaban J connectivity index is 1.81. The molecule has 134 valence electrons. The second kappa shape index (κ2) is 8.99. The van der Waals surface area contributed by atoms with Gasteiger partial charge in [0.25, 0.3) is 5.91 Å². The molecule has 0 spiro atoms. The summed E-state index contributed by atoms with van der Waals surface area (Å²) >= 11 is 0. The van der Waals surface area contributed by atoms with Crippen LogP contribution in [0.3, 0.4) is 0 Å². The minimum Gasteiger partial charge on any atom is -0.496 e. The second-order valence-electron chi connectivity index (χ2n) is 6.69. The molecule has 3 N–H and O–H groups in total. The lowest BCUT2D eigenvalue weighted by Crippen LogP contribution is -3.28. The highest BCUT2D eigenvalue weighted by atomic mass is 19.1. The van der Waals surface area contributed by atoms with E-state index >= 15 is 0 Å². The molecule has 1 fully saturated rings. The van der Waals surface area contributed by atoms with E-state index < -0.39 is 0 Å². The molecule has 1 aromatic rings. The van der Waals surface area contributed by atoms with Crippen molar-refractivity contribution in [3.8, 4) is 5.75 Å². The standard InChI is InChI=1S/C18H28FN3O2/c1-4-14(2)20-18(23)13-22-9-7-21(8-10-22)12-15-11-16(19)5-6-17(15)24-3/h5-6,11,14H,4,7-10,12-13H2,1-3H3,(H,20,23)/p+2/t14-/m1/s1. The molecule has 1 aliphatic rings. The normalized spacial score (nSPS) is 22.0. The van der Waals surface area contributed by atoms with Gasteiger partial charge >= 0.3 is 0 Å². The predicted molar refractivity (Wildman–Crippen MR) is 90.8 cm³/mol. The fraction of sp³-hybridized carbons (Fsp3) is 0.611. The summed E-state index contributed by atoms with van der Waals surface area (Å²) in [5.41, 5.74) is 0.908. The number of carbonyl (C=O) groups excluding carboxylic acids is 1. The summed E-state index contributed by atoms with van der Waals surface area (Å²) in [6.07, 6.45) is 0.953. The number of carbonyl (C=O) groups is 1. The number of hydrogen-bond acceptors (Lipinski definition) is 2. The number of ether oxygens (including phenoxy) is 1. The average molecular weight is 339 g/mol. The average Bonchev–Trinajstić information content (AvgIpc) is 2.56. The second-order valence-corrected chi connectivity index (χ2v) is 6.69. The van der Waals surface area contributed by atoms with E-state index in [1.54, 1.807) is 19.2 Å². The molecule has 1 amide bonds. The highest BCUT2D eigenvalue weighted by molar-refractivity contribution is 5.77. The number of piperazine rings is 1. The van der Waals surface area contributed by atoms with Gasteiger partial charge in [0.1, 0.15) is 44.3 Å². The van der Waals surface area contributed by atoms with Crippen molar-refractivity contribution in [2.45, 2.75) is 32.9 Å². The van der Waals surface area contributed by atoms with Gasteiger partial charge in [-0.3, -0.25) is 4.79 Å². The molecule has 1 aliphatic heterocycles. The zero-order valence-electron chi connectivity index (χ0n) is 15.0. The van der Waals surface area contributed by atoms with Gasteiger partial charge in [0.05, 0.1) is 12.7 Å². The van der Waals surface area contributed by atoms with Crippen molar-refractivity contribution in [1.29, 1.82) is 0 Å². The van der Waals surface area contributed by atoms with E-state index in [2.05, 4.69) is 12.2 Å². The maximum atomic E-state index is 13.5. The van der Waals surface area contributed by atoms with Crippen molar-refractivity contribution >= 4 is 5.91 Å². The van der Waals surface area contributed by atoms with Crippen LogP contribution in [0.5, 0.6) is 5.75 Å².